The van der Waals surface area contributed by atoms with Gasteiger partial charge in [0.25, 0.3) is 11.5 Å². The van der Waals surface area contributed by atoms with Crippen molar-refractivity contribution in [2.75, 3.05) is 13.7 Å². The van der Waals surface area contributed by atoms with Crippen molar-refractivity contribution in [3.8, 4) is 17.3 Å². The normalized spacial score (nSPS) is 10.6. The number of carbonyl (C=O) groups excluding carboxylic acids is 1. The van der Waals surface area contributed by atoms with Crippen LogP contribution in [-0.2, 0) is 13.0 Å². The minimum Gasteiger partial charge on any atom is -0.497 e. The van der Waals surface area contributed by atoms with E-state index in [9.17, 15) is 9.59 Å². The minimum atomic E-state index is -0.303. The lowest BCUT2D eigenvalue weighted by Gasteiger charge is -2.10. The highest BCUT2D eigenvalue weighted by Gasteiger charge is 2.09. The van der Waals surface area contributed by atoms with E-state index < -0.39 is 0 Å². The number of nitrogens with one attached hydrogen (secondary N) is 1. The van der Waals surface area contributed by atoms with Gasteiger partial charge in [0.2, 0.25) is 5.88 Å². The van der Waals surface area contributed by atoms with Crippen LogP contribution in [0.3, 0.4) is 0 Å². The van der Waals surface area contributed by atoms with E-state index >= 15 is 0 Å². The van der Waals surface area contributed by atoms with Gasteiger partial charge in [0.05, 0.1) is 19.1 Å². The average Bonchev–Trinajstić information content (AvgIpc) is 3.37. The van der Waals surface area contributed by atoms with Crippen LogP contribution in [0, 0.1) is 0 Å². The fourth-order valence-electron chi connectivity index (χ4n) is 3.15. The van der Waals surface area contributed by atoms with Crippen molar-refractivity contribution in [2.24, 2.45) is 0 Å². The van der Waals surface area contributed by atoms with E-state index in [1.807, 2.05) is 36.4 Å². The molecule has 2 aromatic carbocycles. The molecule has 0 aliphatic carbocycles. The first-order valence-corrected chi connectivity index (χ1v) is 10.4. The maximum atomic E-state index is 12.3. The van der Waals surface area contributed by atoms with E-state index in [0.29, 0.717) is 36.7 Å². The predicted molar refractivity (Wildman–Crippen MR) is 122 cm³/mol. The molecule has 2 aromatic heterocycles. The molecule has 0 aliphatic rings. The Balaban J connectivity index is 1.39. The largest absolute Gasteiger partial charge is 0.497 e. The summed E-state index contributed by atoms with van der Waals surface area (Å²) in [4.78, 5) is 24.7. The number of methoxy groups -OCH3 is 1. The van der Waals surface area contributed by atoms with Gasteiger partial charge in [-0.15, -0.1) is 5.10 Å². The molecule has 4 rings (SSSR count). The second-order valence-corrected chi connectivity index (χ2v) is 7.19. The van der Waals surface area contributed by atoms with E-state index in [-0.39, 0.29) is 11.5 Å². The van der Waals surface area contributed by atoms with Crippen molar-refractivity contribution < 1.29 is 18.7 Å². The standard InChI is InChI=1S/C25H23N3O5/c1-31-21-10-4-18(5-11-21)17-33-23-12-13-24(29)28(27-23)20-8-6-19(7-9-20)25(30)26-15-14-22-3-2-16-32-22/h2-13,16H,14-15,17H2,1H3,(H,26,30). The number of amides is 1. The number of benzene rings is 2. The summed E-state index contributed by atoms with van der Waals surface area (Å²) >= 11 is 0. The monoisotopic (exact) mass is 445 g/mol. The zero-order chi connectivity index (χ0) is 23.0. The van der Waals surface area contributed by atoms with Gasteiger partial charge in [-0.1, -0.05) is 12.1 Å². The van der Waals surface area contributed by atoms with Gasteiger partial charge < -0.3 is 19.2 Å². The number of carbonyl (C=O) groups is 1. The molecule has 8 nitrogen and oxygen atoms in total. The van der Waals surface area contributed by atoms with Gasteiger partial charge in [0.15, 0.2) is 0 Å². The molecule has 0 saturated carbocycles. The average molecular weight is 445 g/mol. The summed E-state index contributed by atoms with van der Waals surface area (Å²) in [6.07, 6.45) is 2.21. The number of aromatic nitrogens is 2. The molecule has 33 heavy (non-hydrogen) atoms. The highest BCUT2D eigenvalue weighted by atomic mass is 16.5. The van der Waals surface area contributed by atoms with Crippen molar-refractivity contribution in [2.45, 2.75) is 13.0 Å². The number of hydrogen-bond acceptors (Lipinski definition) is 6. The van der Waals surface area contributed by atoms with Gasteiger partial charge in [-0.3, -0.25) is 9.59 Å². The molecular formula is C25H23N3O5. The van der Waals surface area contributed by atoms with Crippen LogP contribution in [0.25, 0.3) is 5.69 Å². The molecule has 0 fully saturated rings. The van der Waals surface area contributed by atoms with Crippen LogP contribution in [0.5, 0.6) is 11.6 Å². The van der Waals surface area contributed by atoms with Crippen LogP contribution in [0.2, 0.25) is 0 Å². The maximum Gasteiger partial charge on any atom is 0.271 e. The van der Waals surface area contributed by atoms with E-state index in [2.05, 4.69) is 10.4 Å². The van der Waals surface area contributed by atoms with Crippen LogP contribution >= 0.6 is 0 Å². The first-order chi connectivity index (χ1) is 16.1. The summed E-state index contributed by atoms with van der Waals surface area (Å²) in [6.45, 7) is 0.759. The van der Waals surface area contributed by atoms with E-state index in [1.165, 1.54) is 16.8 Å². The third-order valence-corrected chi connectivity index (χ3v) is 4.93. The summed E-state index contributed by atoms with van der Waals surface area (Å²) in [7, 11) is 1.61. The Morgan fingerprint density at radius 2 is 1.82 bits per heavy atom. The minimum absolute atomic E-state index is 0.204. The summed E-state index contributed by atoms with van der Waals surface area (Å²) in [6, 6.07) is 20.7. The topological polar surface area (TPSA) is 95.6 Å². The third kappa shape index (κ3) is 5.68. The summed E-state index contributed by atoms with van der Waals surface area (Å²) < 4.78 is 17.4. The van der Waals surface area contributed by atoms with Gasteiger partial charge in [0, 0.05) is 30.7 Å². The first-order valence-electron chi connectivity index (χ1n) is 10.4. The van der Waals surface area contributed by atoms with Crippen molar-refractivity contribution in [1.82, 2.24) is 15.1 Å². The lowest BCUT2D eigenvalue weighted by molar-refractivity contribution is 0.0953. The number of furan rings is 1. The first kappa shape index (κ1) is 21.9. The summed E-state index contributed by atoms with van der Waals surface area (Å²) in [5.74, 6) is 1.68. The molecule has 1 amide bonds. The van der Waals surface area contributed by atoms with Crippen LogP contribution in [0.1, 0.15) is 21.7 Å². The molecule has 0 aliphatic heterocycles. The predicted octanol–water partition coefficient (Wildman–Crippen LogP) is 3.39. The number of nitrogens with zero attached hydrogens (tertiary/aromatic N) is 2. The Morgan fingerprint density at radius 3 is 2.52 bits per heavy atom. The van der Waals surface area contributed by atoms with Crippen LogP contribution in [0.15, 0.2) is 88.3 Å². The summed E-state index contributed by atoms with van der Waals surface area (Å²) in [5.41, 5.74) is 1.65. The molecule has 0 spiro atoms. The Hall–Kier alpha value is -4.33. The quantitative estimate of drug-likeness (QED) is 0.424. The van der Waals surface area contributed by atoms with E-state index in [0.717, 1.165) is 17.1 Å². The Bertz CT molecular complexity index is 1250. The lowest BCUT2D eigenvalue weighted by atomic mass is 10.2. The molecule has 2 heterocycles. The fourth-order valence-corrected chi connectivity index (χ4v) is 3.15. The van der Waals surface area contributed by atoms with Gasteiger partial charge in [0.1, 0.15) is 18.1 Å². The molecule has 0 unspecified atom stereocenters. The van der Waals surface area contributed by atoms with Gasteiger partial charge in [-0.2, -0.15) is 4.68 Å². The van der Waals surface area contributed by atoms with Gasteiger partial charge >= 0.3 is 0 Å². The second kappa shape index (κ2) is 10.3. The third-order valence-electron chi connectivity index (χ3n) is 4.93. The number of rotatable bonds is 9. The van der Waals surface area contributed by atoms with Gasteiger partial charge in [-0.25, -0.2) is 0 Å². The number of hydrogen-bond donors (Lipinski definition) is 1. The molecule has 0 radical (unpaired) electrons. The SMILES string of the molecule is COc1ccc(COc2ccc(=O)n(-c3ccc(C(=O)NCCc4ccco4)cc3)n2)cc1. The Kier molecular flexibility index (Phi) is 6.84. The van der Waals surface area contributed by atoms with Crippen LogP contribution < -0.4 is 20.3 Å². The molecule has 4 aromatic rings. The van der Waals surface area contributed by atoms with Gasteiger partial charge in [-0.05, 0) is 54.1 Å². The van der Waals surface area contributed by atoms with E-state index in [1.54, 1.807) is 37.6 Å². The Morgan fingerprint density at radius 1 is 1.03 bits per heavy atom. The van der Waals surface area contributed by atoms with Crippen molar-refractivity contribution in [3.63, 3.8) is 0 Å². The molecular weight excluding hydrogens is 422 g/mol. The summed E-state index contributed by atoms with van der Waals surface area (Å²) in [5, 5.41) is 7.14. The molecule has 1 N–H and O–H groups in total. The molecule has 8 heteroatoms. The smallest absolute Gasteiger partial charge is 0.271 e. The van der Waals surface area contributed by atoms with Crippen molar-refractivity contribution >= 4 is 5.91 Å². The number of ether oxygens (including phenoxy) is 2. The maximum absolute atomic E-state index is 12.3. The molecule has 168 valence electrons. The second-order valence-electron chi connectivity index (χ2n) is 7.19. The fraction of sp³-hybridized carbons (Fsp3) is 0.160. The molecule has 0 saturated heterocycles. The molecule has 0 atom stereocenters. The lowest BCUT2D eigenvalue weighted by Crippen LogP contribution is -2.25. The zero-order valence-corrected chi connectivity index (χ0v) is 18.1. The van der Waals surface area contributed by atoms with Crippen LogP contribution in [0.4, 0.5) is 0 Å². The molecule has 0 bridgehead atoms. The van der Waals surface area contributed by atoms with Crippen molar-refractivity contribution in [1.29, 1.82) is 0 Å². The Labute approximate surface area is 190 Å². The highest BCUT2D eigenvalue weighted by Crippen LogP contribution is 2.14. The van der Waals surface area contributed by atoms with Crippen LogP contribution in [-0.4, -0.2) is 29.3 Å². The highest BCUT2D eigenvalue weighted by molar-refractivity contribution is 5.94. The van der Waals surface area contributed by atoms with E-state index in [4.69, 9.17) is 13.9 Å². The zero-order valence-electron chi connectivity index (χ0n) is 18.1. The van der Waals surface area contributed by atoms with Crippen molar-refractivity contribution in [3.05, 3.63) is 106 Å².